The van der Waals surface area contributed by atoms with Gasteiger partial charge in [-0.15, -0.1) is 0 Å². The summed E-state index contributed by atoms with van der Waals surface area (Å²) in [6.07, 6.45) is 6.28. The largest absolute Gasteiger partial charge is 0.398 e. The fourth-order valence-electron chi connectivity index (χ4n) is 4.03. The van der Waals surface area contributed by atoms with Gasteiger partial charge in [0.1, 0.15) is 27.7 Å². The Morgan fingerprint density at radius 2 is 1.86 bits per heavy atom. The third-order valence-corrected chi connectivity index (χ3v) is 5.86. The van der Waals surface area contributed by atoms with Crippen LogP contribution in [0.15, 0.2) is 31.0 Å². The first-order valence-corrected chi connectivity index (χ1v) is 8.32. The molecule has 3 aromatic heterocycles. The van der Waals surface area contributed by atoms with Gasteiger partial charge in [0.25, 0.3) is 0 Å². The summed E-state index contributed by atoms with van der Waals surface area (Å²) in [5.74, 6) is -2.36. The Morgan fingerprint density at radius 1 is 1.11 bits per heavy atom. The summed E-state index contributed by atoms with van der Waals surface area (Å²) in [7, 11) is 23.0. The second kappa shape index (κ2) is 4.91. The minimum Gasteiger partial charge on any atom is -0.398 e. The molecule has 5 rings (SSSR count). The highest BCUT2D eigenvalue weighted by molar-refractivity contribution is 6.49. The van der Waals surface area contributed by atoms with Gasteiger partial charge in [-0.05, 0) is 11.3 Å². The molecule has 3 aromatic rings. The fraction of sp³-hybridized carbons (Fsp3) is 0.400. The van der Waals surface area contributed by atoms with Gasteiger partial charge < -0.3 is 25.0 Å². The Morgan fingerprint density at radius 3 is 2.54 bits per heavy atom. The van der Waals surface area contributed by atoms with Crippen molar-refractivity contribution in [2.24, 2.45) is 0 Å². The molecule has 0 aromatic carbocycles. The third-order valence-electron chi connectivity index (χ3n) is 5.86. The van der Waals surface area contributed by atoms with Crippen LogP contribution >= 0.6 is 0 Å². The van der Waals surface area contributed by atoms with Crippen LogP contribution in [0.25, 0.3) is 22.3 Å². The lowest BCUT2D eigenvalue weighted by Gasteiger charge is -2.47. The summed E-state index contributed by atoms with van der Waals surface area (Å²) in [6.45, 7) is -0.284. The smallest absolute Gasteiger partial charge is 0.192 e. The number of hydrogen-bond acceptors (Lipinski definition) is 7. The monoisotopic (exact) mass is 369 g/mol. The molecule has 1 saturated heterocycles. The van der Waals surface area contributed by atoms with Crippen molar-refractivity contribution in [1.82, 2.24) is 24.7 Å². The molecule has 13 heteroatoms. The molecule has 28 heavy (non-hydrogen) atoms. The van der Waals surface area contributed by atoms with E-state index >= 15 is 0 Å². The average molecular weight is 369 g/mol. The summed E-state index contributed by atoms with van der Waals surface area (Å²) in [4.78, 5) is 11.4. The van der Waals surface area contributed by atoms with E-state index in [1.807, 2.05) is 6.07 Å². The van der Waals surface area contributed by atoms with Gasteiger partial charge in [0.15, 0.2) is 11.4 Å². The predicted molar refractivity (Wildman–Crippen MR) is 99.5 cm³/mol. The van der Waals surface area contributed by atoms with E-state index in [1.54, 1.807) is 12.4 Å². The molecular weight excluding hydrogens is 357 g/mol. The van der Waals surface area contributed by atoms with E-state index in [0.29, 0.717) is 16.9 Å². The van der Waals surface area contributed by atoms with Gasteiger partial charge in [-0.1, -0.05) is 0 Å². The Balaban J connectivity index is 1.53. The number of H-pyrrole nitrogens is 1. The van der Waals surface area contributed by atoms with Crippen molar-refractivity contribution >= 4 is 42.4 Å². The number of epoxide rings is 1. The zero-order chi connectivity index (χ0) is 20.2. The van der Waals surface area contributed by atoms with Gasteiger partial charge in [0.2, 0.25) is 0 Å². The van der Waals surface area contributed by atoms with Crippen molar-refractivity contribution in [3.63, 3.8) is 0 Å². The van der Waals surface area contributed by atoms with E-state index in [4.69, 9.17) is 36.1 Å². The second-order valence-electron chi connectivity index (χ2n) is 7.36. The quantitative estimate of drug-likeness (QED) is 0.296. The number of aliphatic hydroxyl groups is 3. The molecule has 0 amide bonds. The van der Waals surface area contributed by atoms with Crippen LogP contribution in [0.4, 0.5) is 0 Å². The molecule has 4 unspecified atom stereocenters. The lowest BCUT2D eigenvalue weighted by atomic mass is 9.37. The normalized spacial score (nSPS) is 38.5. The molecule has 4 atom stereocenters. The maximum atomic E-state index is 10.7. The molecule has 8 radical (unpaired) electrons. The maximum Gasteiger partial charge on any atom is 0.192 e. The molecule has 2 aliphatic rings. The van der Waals surface area contributed by atoms with E-state index in [-0.39, 0.29) is 6.54 Å². The third kappa shape index (κ3) is 1.74. The lowest BCUT2D eigenvalue weighted by Crippen LogP contribution is -2.65. The molecule has 132 valence electrons. The van der Waals surface area contributed by atoms with Crippen molar-refractivity contribution in [1.29, 1.82) is 0 Å². The molecule has 0 bridgehead atoms. The molecule has 1 aliphatic carbocycles. The Bertz CT molecular complexity index is 1110. The Kier molecular flexibility index (Phi) is 3.15. The number of ether oxygens (including phenoxy) is 1. The van der Waals surface area contributed by atoms with Crippen LogP contribution in [-0.2, 0) is 11.3 Å². The van der Waals surface area contributed by atoms with Crippen molar-refractivity contribution < 1.29 is 20.1 Å². The van der Waals surface area contributed by atoms with Gasteiger partial charge in [-0.25, -0.2) is 9.97 Å². The zero-order valence-electron chi connectivity index (χ0n) is 14.4. The predicted octanol–water partition coefficient (Wildman–Crippen LogP) is -2.54. The Labute approximate surface area is 164 Å². The molecule has 4 heterocycles. The van der Waals surface area contributed by atoms with Gasteiger partial charge in [0, 0.05) is 28.8 Å². The highest BCUT2D eigenvalue weighted by Gasteiger charge is 2.92. The number of aromatic amines is 1. The molecule has 1 saturated carbocycles. The zero-order valence-corrected chi connectivity index (χ0v) is 14.4. The number of nitrogens with zero attached hydrogens (tertiary/aromatic N) is 4. The first-order chi connectivity index (χ1) is 13.0. The summed E-state index contributed by atoms with van der Waals surface area (Å²) in [5.41, 5.74) is -5.43. The maximum absolute atomic E-state index is 10.7. The Hall–Kier alpha value is -2.07. The fourth-order valence-corrected chi connectivity index (χ4v) is 4.03. The van der Waals surface area contributed by atoms with E-state index < -0.39 is 27.6 Å². The molecule has 9 nitrogen and oxygen atoms in total. The van der Waals surface area contributed by atoms with Gasteiger partial charge >= 0.3 is 0 Å². The lowest BCUT2D eigenvalue weighted by molar-refractivity contribution is -0.115. The van der Waals surface area contributed by atoms with E-state index in [1.165, 1.54) is 17.2 Å². The summed E-state index contributed by atoms with van der Waals surface area (Å²) in [6, 6.07) is 1.82. The van der Waals surface area contributed by atoms with E-state index in [0.717, 1.165) is 5.39 Å². The highest BCUT2D eigenvalue weighted by atomic mass is 16.8. The molecule has 2 fully saturated rings. The highest BCUT2D eigenvalue weighted by Crippen LogP contribution is 2.74. The first-order valence-electron chi connectivity index (χ1n) is 8.32. The van der Waals surface area contributed by atoms with Crippen LogP contribution in [0.1, 0.15) is 0 Å². The first kappa shape index (κ1) is 18.0. The number of nitrogens with one attached hydrogen (secondary N) is 1. The van der Waals surface area contributed by atoms with Crippen LogP contribution < -0.4 is 0 Å². The summed E-state index contributed by atoms with van der Waals surface area (Å²) in [5, 5.41) is 34.3. The minimum absolute atomic E-state index is 0.284. The second-order valence-corrected chi connectivity index (χ2v) is 7.36. The van der Waals surface area contributed by atoms with Crippen molar-refractivity contribution in [2.45, 2.75) is 34.1 Å². The SMILES string of the molecule is [B]C1([B])C([B])(O)C([B])(O)C2(Cn3cc(-c4ncnc5[nH]ccc45)cn3)OC12O. The molecular formula is C15H11B4N5O4. The molecule has 4 N–H and O–H groups in total. The minimum atomic E-state index is -2.73. The van der Waals surface area contributed by atoms with Crippen LogP contribution in [-0.4, -0.2) is 93.8 Å². The van der Waals surface area contributed by atoms with Crippen LogP contribution in [0, 0.1) is 0 Å². The molecule has 1 aliphatic heterocycles. The standard InChI is InChI=1S/C15H11B4N5O4/c16-12(17)14(19,26)13(18,25)11(15(12,27)28-11)5-24-4-7(3-23-24)9-8-1-2-20-10(8)22-6-21-9/h1-4,6,25-27H,5H2,(H,20,21,22). The van der Waals surface area contributed by atoms with Crippen LogP contribution in [0.5, 0.6) is 0 Å². The van der Waals surface area contributed by atoms with Crippen molar-refractivity contribution in [3.05, 3.63) is 31.0 Å². The van der Waals surface area contributed by atoms with Crippen LogP contribution in [0.3, 0.4) is 0 Å². The molecule has 0 spiro atoms. The number of aromatic nitrogens is 5. The summed E-state index contributed by atoms with van der Waals surface area (Å²) >= 11 is 0. The summed E-state index contributed by atoms with van der Waals surface area (Å²) < 4.78 is 6.62. The van der Waals surface area contributed by atoms with E-state index in [9.17, 15) is 15.3 Å². The average Bonchev–Trinajstić information content (AvgIpc) is 3.00. The van der Waals surface area contributed by atoms with Crippen molar-refractivity contribution in [2.75, 3.05) is 0 Å². The van der Waals surface area contributed by atoms with Gasteiger partial charge in [-0.3, -0.25) is 4.68 Å². The number of hydrogen-bond donors (Lipinski definition) is 4. The van der Waals surface area contributed by atoms with E-state index in [2.05, 4.69) is 20.1 Å². The van der Waals surface area contributed by atoms with Crippen LogP contribution in [0.2, 0.25) is 5.21 Å². The topological polar surface area (TPSA) is 133 Å². The van der Waals surface area contributed by atoms with Crippen molar-refractivity contribution in [3.8, 4) is 11.3 Å². The number of fused-ring (bicyclic) bond motifs is 2. The van der Waals surface area contributed by atoms with Gasteiger partial charge in [-0.2, -0.15) is 5.10 Å². The number of rotatable bonds is 3. The van der Waals surface area contributed by atoms with Gasteiger partial charge in [0.05, 0.1) is 39.6 Å².